The number of nitrogens with zero attached hydrogens (tertiary/aromatic N) is 2. The predicted molar refractivity (Wildman–Crippen MR) is 112 cm³/mol. The Labute approximate surface area is 164 Å². The maximum atomic E-state index is 13.1. The Kier molecular flexibility index (Phi) is 4.85. The van der Waals surface area contributed by atoms with Crippen molar-refractivity contribution in [2.75, 3.05) is 0 Å². The van der Waals surface area contributed by atoms with Crippen molar-refractivity contribution in [2.45, 2.75) is 19.9 Å². The number of amides is 1. The summed E-state index contributed by atoms with van der Waals surface area (Å²) in [7, 11) is 0. The van der Waals surface area contributed by atoms with Crippen molar-refractivity contribution >= 4 is 16.8 Å². The maximum absolute atomic E-state index is 13.1. The molecule has 0 saturated carbocycles. The van der Waals surface area contributed by atoms with E-state index in [0.29, 0.717) is 5.56 Å². The zero-order valence-electron chi connectivity index (χ0n) is 15.9. The van der Waals surface area contributed by atoms with E-state index in [9.17, 15) is 4.79 Å². The van der Waals surface area contributed by atoms with Gasteiger partial charge in [0.2, 0.25) is 0 Å². The molecule has 1 atom stereocenters. The van der Waals surface area contributed by atoms with Crippen LogP contribution in [0.4, 0.5) is 0 Å². The lowest BCUT2D eigenvalue weighted by atomic mass is 10.0. The smallest absolute Gasteiger partial charge is 0.252 e. The van der Waals surface area contributed by atoms with Crippen LogP contribution in [0.25, 0.3) is 22.2 Å². The molecular formula is C24H21N3O. The first-order valence-electron chi connectivity index (χ1n) is 9.29. The molecule has 0 aliphatic rings. The molecule has 1 N–H and O–H groups in total. The third-order valence-electron chi connectivity index (χ3n) is 4.86. The summed E-state index contributed by atoms with van der Waals surface area (Å²) in [5.41, 5.74) is 5.42. The number of fused-ring (bicyclic) bond motifs is 1. The number of aryl methyl sites for hydroxylation is 1. The summed E-state index contributed by atoms with van der Waals surface area (Å²) in [6, 6.07) is 21.5. The molecule has 0 saturated heterocycles. The fourth-order valence-electron chi connectivity index (χ4n) is 3.25. The van der Waals surface area contributed by atoms with Crippen molar-refractivity contribution in [1.82, 2.24) is 15.3 Å². The SMILES string of the molecule is Cc1ccc(-c2cc(C(=O)NC(C)c3ccncc3)c3ccccc3n2)cc1. The minimum absolute atomic E-state index is 0.115. The summed E-state index contributed by atoms with van der Waals surface area (Å²) < 4.78 is 0. The van der Waals surface area contributed by atoms with E-state index >= 15 is 0 Å². The van der Waals surface area contributed by atoms with Crippen LogP contribution in [0.5, 0.6) is 0 Å². The van der Waals surface area contributed by atoms with E-state index < -0.39 is 0 Å². The second kappa shape index (κ2) is 7.61. The first kappa shape index (κ1) is 17.9. The molecule has 0 aliphatic carbocycles. The third kappa shape index (κ3) is 3.62. The van der Waals surface area contributed by atoms with E-state index in [4.69, 9.17) is 4.98 Å². The Hall–Kier alpha value is -3.53. The molecule has 1 amide bonds. The van der Waals surface area contributed by atoms with Gasteiger partial charge in [-0.15, -0.1) is 0 Å². The van der Waals surface area contributed by atoms with Crippen molar-refractivity contribution in [3.8, 4) is 11.3 Å². The topological polar surface area (TPSA) is 54.9 Å². The van der Waals surface area contributed by atoms with Crippen LogP contribution in [0.3, 0.4) is 0 Å². The quantitative estimate of drug-likeness (QED) is 0.546. The second-order valence-corrected chi connectivity index (χ2v) is 6.91. The minimum Gasteiger partial charge on any atom is -0.345 e. The lowest BCUT2D eigenvalue weighted by Gasteiger charge is -2.16. The number of para-hydroxylation sites is 1. The van der Waals surface area contributed by atoms with Crippen LogP contribution in [0.1, 0.15) is 34.5 Å². The highest BCUT2D eigenvalue weighted by Gasteiger charge is 2.16. The van der Waals surface area contributed by atoms with Crippen LogP contribution in [-0.4, -0.2) is 15.9 Å². The molecule has 4 aromatic rings. The average molecular weight is 367 g/mol. The molecule has 2 aromatic heterocycles. The largest absolute Gasteiger partial charge is 0.345 e. The van der Waals surface area contributed by atoms with E-state index in [1.165, 1.54) is 5.56 Å². The fraction of sp³-hybridized carbons (Fsp3) is 0.125. The molecule has 1 unspecified atom stereocenters. The summed E-state index contributed by atoms with van der Waals surface area (Å²) in [5, 5.41) is 3.94. The van der Waals surface area contributed by atoms with E-state index in [0.717, 1.165) is 27.7 Å². The number of hydrogen-bond donors (Lipinski definition) is 1. The van der Waals surface area contributed by atoms with Gasteiger partial charge in [-0.2, -0.15) is 0 Å². The van der Waals surface area contributed by atoms with Gasteiger partial charge in [0.05, 0.1) is 22.8 Å². The van der Waals surface area contributed by atoms with Gasteiger partial charge in [0, 0.05) is 23.3 Å². The highest BCUT2D eigenvalue weighted by atomic mass is 16.1. The van der Waals surface area contributed by atoms with Gasteiger partial charge in [-0.25, -0.2) is 4.98 Å². The molecule has 2 aromatic carbocycles. The first-order chi connectivity index (χ1) is 13.6. The van der Waals surface area contributed by atoms with E-state index in [1.54, 1.807) is 12.4 Å². The van der Waals surface area contributed by atoms with E-state index in [1.807, 2.05) is 61.5 Å². The number of hydrogen-bond acceptors (Lipinski definition) is 3. The average Bonchev–Trinajstić information content (AvgIpc) is 2.74. The standard InChI is InChI=1S/C24H21N3O/c1-16-7-9-19(10-8-16)23-15-21(20-5-3-4-6-22(20)27-23)24(28)26-17(2)18-11-13-25-14-12-18/h3-15,17H,1-2H3,(H,26,28). The first-order valence-corrected chi connectivity index (χ1v) is 9.29. The summed E-state index contributed by atoms with van der Waals surface area (Å²) in [6.45, 7) is 4.02. The van der Waals surface area contributed by atoms with Gasteiger partial charge in [-0.3, -0.25) is 9.78 Å². The molecule has 4 rings (SSSR count). The van der Waals surface area contributed by atoms with Crippen LogP contribution < -0.4 is 5.32 Å². The lowest BCUT2D eigenvalue weighted by molar-refractivity contribution is 0.0941. The number of pyridine rings is 2. The second-order valence-electron chi connectivity index (χ2n) is 6.91. The lowest BCUT2D eigenvalue weighted by Crippen LogP contribution is -2.27. The molecule has 4 nitrogen and oxygen atoms in total. The number of rotatable bonds is 4. The third-order valence-corrected chi connectivity index (χ3v) is 4.86. The van der Waals surface area contributed by atoms with E-state index in [-0.39, 0.29) is 11.9 Å². The zero-order valence-corrected chi connectivity index (χ0v) is 15.9. The van der Waals surface area contributed by atoms with Gasteiger partial charge in [0.25, 0.3) is 5.91 Å². The molecule has 0 spiro atoms. The maximum Gasteiger partial charge on any atom is 0.252 e. The van der Waals surface area contributed by atoms with Crippen LogP contribution in [-0.2, 0) is 0 Å². The highest BCUT2D eigenvalue weighted by molar-refractivity contribution is 6.07. The molecule has 4 heteroatoms. The monoisotopic (exact) mass is 367 g/mol. The Morgan fingerprint density at radius 1 is 0.964 bits per heavy atom. The Morgan fingerprint density at radius 3 is 2.43 bits per heavy atom. The van der Waals surface area contributed by atoms with Crippen LogP contribution in [0.15, 0.2) is 79.1 Å². The van der Waals surface area contributed by atoms with Crippen LogP contribution in [0, 0.1) is 6.92 Å². The zero-order chi connectivity index (χ0) is 19.5. The number of benzene rings is 2. The molecule has 0 aliphatic heterocycles. The van der Waals surface area contributed by atoms with Gasteiger partial charge >= 0.3 is 0 Å². The van der Waals surface area contributed by atoms with Gasteiger partial charge in [-0.05, 0) is 43.7 Å². The molecule has 2 heterocycles. The van der Waals surface area contributed by atoms with Crippen molar-refractivity contribution in [1.29, 1.82) is 0 Å². The van der Waals surface area contributed by atoms with Crippen molar-refractivity contribution in [2.24, 2.45) is 0 Å². The minimum atomic E-state index is -0.120. The Morgan fingerprint density at radius 2 is 1.68 bits per heavy atom. The molecule has 28 heavy (non-hydrogen) atoms. The summed E-state index contributed by atoms with van der Waals surface area (Å²) in [6.07, 6.45) is 3.46. The molecule has 138 valence electrons. The van der Waals surface area contributed by atoms with Crippen LogP contribution in [0.2, 0.25) is 0 Å². The molecule has 0 fully saturated rings. The fourth-order valence-corrected chi connectivity index (χ4v) is 3.25. The van der Waals surface area contributed by atoms with Gasteiger partial charge in [0.15, 0.2) is 0 Å². The van der Waals surface area contributed by atoms with Gasteiger partial charge in [-0.1, -0.05) is 48.0 Å². The highest BCUT2D eigenvalue weighted by Crippen LogP contribution is 2.26. The summed E-state index contributed by atoms with van der Waals surface area (Å²) in [4.78, 5) is 21.9. The molecule has 0 radical (unpaired) electrons. The Bertz CT molecular complexity index is 1120. The normalized spacial score (nSPS) is 11.9. The van der Waals surface area contributed by atoms with Gasteiger partial charge < -0.3 is 5.32 Å². The van der Waals surface area contributed by atoms with E-state index in [2.05, 4.69) is 29.4 Å². The van der Waals surface area contributed by atoms with Crippen molar-refractivity contribution in [3.63, 3.8) is 0 Å². The number of carbonyl (C=O) groups excluding carboxylic acids is 1. The number of carbonyl (C=O) groups is 1. The van der Waals surface area contributed by atoms with Crippen molar-refractivity contribution in [3.05, 3.63) is 95.8 Å². The summed E-state index contributed by atoms with van der Waals surface area (Å²) >= 11 is 0. The predicted octanol–water partition coefficient (Wildman–Crippen LogP) is 5.10. The van der Waals surface area contributed by atoms with Crippen molar-refractivity contribution < 1.29 is 4.79 Å². The Balaban J connectivity index is 1.74. The number of aromatic nitrogens is 2. The molecular weight excluding hydrogens is 346 g/mol. The summed E-state index contributed by atoms with van der Waals surface area (Å²) in [5.74, 6) is -0.115. The molecule has 0 bridgehead atoms. The van der Waals surface area contributed by atoms with Gasteiger partial charge in [0.1, 0.15) is 0 Å². The van der Waals surface area contributed by atoms with Crippen LogP contribution >= 0.6 is 0 Å². The number of nitrogens with one attached hydrogen (secondary N) is 1.